The summed E-state index contributed by atoms with van der Waals surface area (Å²) in [6, 6.07) is 6.43. The Balaban J connectivity index is 2.59. The van der Waals surface area contributed by atoms with Gasteiger partial charge in [0.15, 0.2) is 0 Å². The Morgan fingerprint density at radius 1 is 1.18 bits per heavy atom. The fraction of sp³-hybridized carbons (Fsp3) is 0.533. The van der Waals surface area contributed by atoms with Gasteiger partial charge in [0.1, 0.15) is 0 Å². The van der Waals surface area contributed by atoms with E-state index in [2.05, 4.69) is 45.1 Å². The Kier molecular flexibility index (Phi) is 4.73. The summed E-state index contributed by atoms with van der Waals surface area (Å²) in [4.78, 5) is 11.8. The highest BCUT2D eigenvalue weighted by Gasteiger charge is 2.11. The molecule has 0 aliphatic heterocycles. The molecule has 0 aromatic heterocycles. The molecule has 1 N–H and O–H groups in total. The summed E-state index contributed by atoms with van der Waals surface area (Å²) in [6.07, 6.45) is 0.470. The van der Waals surface area contributed by atoms with Gasteiger partial charge in [-0.15, -0.1) is 0 Å². The van der Waals surface area contributed by atoms with Crippen LogP contribution >= 0.6 is 0 Å². The van der Waals surface area contributed by atoms with Gasteiger partial charge in [0.2, 0.25) is 5.91 Å². The monoisotopic (exact) mass is 233 g/mol. The number of aryl methyl sites for hydroxylation is 2. The number of benzene rings is 1. The summed E-state index contributed by atoms with van der Waals surface area (Å²) in [7, 11) is 0. The highest BCUT2D eigenvalue weighted by Crippen LogP contribution is 2.10. The van der Waals surface area contributed by atoms with E-state index >= 15 is 0 Å². The van der Waals surface area contributed by atoms with Crippen LogP contribution in [-0.4, -0.2) is 11.9 Å². The van der Waals surface area contributed by atoms with E-state index in [4.69, 9.17) is 0 Å². The minimum atomic E-state index is 0.106. The molecule has 1 rings (SSSR count). The van der Waals surface area contributed by atoms with Gasteiger partial charge in [-0.05, 0) is 43.4 Å². The molecule has 0 saturated carbocycles. The van der Waals surface area contributed by atoms with E-state index in [1.807, 2.05) is 13.0 Å². The van der Waals surface area contributed by atoms with Crippen molar-refractivity contribution in [3.05, 3.63) is 34.9 Å². The van der Waals surface area contributed by atoms with E-state index in [1.165, 1.54) is 11.1 Å². The van der Waals surface area contributed by atoms with E-state index in [-0.39, 0.29) is 11.9 Å². The van der Waals surface area contributed by atoms with E-state index < -0.39 is 0 Å². The van der Waals surface area contributed by atoms with Crippen molar-refractivity contribution < 1.29 is 4.79 Å². The van der Waals surface area contributed by atoms with Crippen LogP contribution in [0.5, 0.6) is 0 Å². The third kappa shape index (κ3) is 4.22. The minimum Gasteiger partial charge on any atom is -0.353 e. The SMILES string of the molecule is Cc1ccc(CC(=O)N[C@@H](C)C(C)C)cc1C. The summed E-state index contributed by atoms with van der Waals surface area (Å²) in [5.41, 5.74) is 3.60. The fourth-order valence-corrected chi connectivity index (χ4v) is 1.57. The molecule has 1 amide bonds. The van der Waals surface area contributed by atoms with Crippen LogP contribution < -0.4 is 5.32 Å². The number of carbonyl (C=O) groups excluding carboxylic acids is 1. The van der Waals surface area contributed by atoms with Crippen LogP contribution in [0.3, 0.4) is 0 Å². The molecule has 0 aliphatic carbocycles. The molecular formula is C15H23NO. The zero-order chi connectivity index (χ0) is 13.0. The van der Waals surface area contributed by atoms with E-state index in [9.17, 15) is 4.79 Å². The quantitative estimate of drug-likeness (QED) is 0.851. The van der Waals surface area contributed by atoms with E-state index in [0.717, 1.165) is 5.56 Å². The third-order valence-electron chi connectivity index (χ3n) is 3.32. The van der Waals surface area contributed by atoms with Gasteiger partial charge in [-0.1, -0.05) is 32.0 Å². The molecule has 0 heterocycles. The molecule has 0 unspecified atom stereocenters. The molecular weight excluding hydrogens is 210 g/mol. The van der Waals surface area contributed by atoms with Gasteiger partial charge in [0.05, 0.1) is 6.42 Å². The van der Waals surface area contributed by atoms with Gasteiger partial charge in [0.25, 0.3) is 0 Å². The third-order valence-corrected chi connectivity index (χ3v) is 3.32. The molecule has 2 heteroatoms. The normalized spacial score (nSPS) is 12.6. The summed E-state index contributed by atoms with van der Waals surface area (Å²) >= 11 is 0. The topological polar surface area (TPSA) is 29.1 Å². The average Bonchev–Trinajstić information content (AvgIpc) is 2.23. The van der Waals surface area contributed by atoms with Gasteiger partial charge in [0, 0.05) is 6.04 Å². The minimum absolute atomic E-state index is 0.106. The maximum atomic E-state index is 11.8. The number of nitrogens with one attached hydrogen (secondary N) is 1. The first-order valence-electron chi connectivity index (χ1n) is 6.25. The van der Waals surface area contributed by atoms with E-state index in [1.54, 1.807) is 0 Å². The van der Waals surface area contributed by atoms with Crippen molar-refractivity contribution in [3.63, 3.8) is 0 Å². The van der Waals surface area contributed by atoms with Crippen LogP contribution in [-0.2, 0) is 11.2 Å². The van der Waals surface area contributed by atoms with Crippen molar-refractivity contribution in [2.75, 3.05) is 0 Å². The average molecular weight is 233 g/mol. The highest BCUT2D eigenvalue weighted by atomic mass is 16.1. The van der Waals surface area contributed by atoms with Crippen molar-refractivity contribution in [3.8, 4) is 0 Å². The Hall–Kier alpha value is -1.31. The molecule has 17 heavy (non-hydrogen) atoms. The van der Waals surface area contributed by atoms with Crippen LogP contribution in [0, 0.1) is 19.8 Å². The first-order valence-corrected chi connectivity index (χ1v) is 6.25. The molecule has 1 aromatic rings. The molecule has 2 nitrogen and oxygen atoms in total. The maximum Gasteiger partial charge on any atom is 0.224 e. The van der Waals surface area contributed by atoms with Crippen LogP contribution in [0.1, 0.15) is 37.5 Å². The Morgan fingerprint density at radius 2 is 1.82 bits per heavy atom. The smallest absolute Gasteiger partial charge is 0.224 e. The predicted octanol–water partition coefficient (Wildman–Crippen LogP) is 3.01. The summed E-state index contributed by atoms with van der Waals surface area (Å²) < 4.78 is 0. The van der Waals surface area contributed by atoms with Gasteiger partial charge in [-0.25, -0.2) is 0 Å². The largest absolute Gasteiger partial charge is 0.353 e. The molecule has 0 radical (unpaired) electrons. The van der Waals surface area contributed by atoms with Crippen molar-refractivity contribution in [1.29, 1.82) is 0 Å². The van der Waals surface area contributed by atoms with Gasteiger partial charge >= 0.3 is 0 Å². The van der Waals surface area contributed by atoms with Gasteiger partial charge in [-0.3, -0.25) is 4.79 Å². The fourth-order valence-electron chi connectivity index (χ4n) is 1.57. The Labute approximate surface area is 104 Å². The number of amides is 1. The van der Waals surface area contributed by atoms with Crippen LogP contribution in [0.25, 0.3) is 0 Å². The van der Waals surface area contributed by atoms with Gasteiger partial charge in [-0.2, -0.15) is 0 Å². The lowest BCUT2D eigenvalue weighted by Crippen LogP contribution is -2.37. The van der Waals surface area contributed by atoms with Crippen molar-refractivity contribution in [1.82, 2.24) is 5.32 Å². The molecule has 1 atom stereocenters. The molecule has 0 saturated heterocycles. The maximum absolute atomic E-state index is 11.8. The van der Waals surface area contributed by atoms with Crippen molar-refractivity contribution in [2.24, 2.45) is 5.92 Å². The van der Waals surface area contributed by atoms with Crippen LogP contribution in [0.4, 0.5) is 0 Å². The molecule has 0 aliphatic rings. The summed E-state index contributed by atoms with van der Waals surface area (Å²) in [6.45, 7) is 10.4. The highest BCUT2D eigenvalue weighted by molar-refractivity contribution is 5.78. The zero-order valence-electron chi connectivity index (χ0n) is 11.5. The van der Waals surface area contributed by atoms with Crippen LogP contribution in [0.2, 0.25) is 0 Å². The number of hydrogen-bond acceptors (Lipinski definition) is 1. The Bertz CT molecular complexity index is 396. The molecule has 94 valence electrons. The number of hydrogen-bond donors (Lipinski definition) is 1. The lowest BCUT2D eigenvalue weighted by molar-refractivity contribution is -0.121. The molecule has 0 bridgehead atoms. The first kappa shape index (κ1) is 13.8. The zero-order valence-corrected chi connectivity index (χ0v) is 11.5. The number of carbonyl (C=O) groups is 1. The Morgan fingerprint density at radius 3 is 2.35 bits per heavy atom. The second-order valence-electron chi connectivity index (χ2n) is 5.20. The molecule has 1 aromatic carbocycles. The van der Waals surface area contributed by atoms with Crippen LogP contribution in [0.15, 0.2) is 18.2 Å². The van der Waals surface area contributed by atoms with Crippen molar-refractivity contribution in [2.45, 2.75) is 47.1 Å². The standard InChI is InChI=1S/C15H23NO/c1-10(2)13(5)16-15(17)9-14-7-6-11(3)12(4)8-14/h6-8,10,13H,9H2,1-5H3,(H,16,17)/t13-/m0/s1. The second-order valence-corrected chi connectivity index (χ2v) is 5.20. The predicted molar refractivity (Wildman–Crippen MR) is 72.1 cm³/mol. The second kappa shape index (κ2) is 5.85. The summed E-state index contributed by atoms with van der Waals surface area (Å²) in [5, 5.41) is 3.02. The first-order chi connectivity index (χ1) is 7.90. The molecule has 0 fully saturated rings. The van der Waals surface area contributed by atoms with Crippen molar-refractivity contribution >= 4 is 5.91 Å². The lowest BCUT2D eigenvalue weighted by Gasteiger charge is -2.17. The number of rotatable bonds is 4. The van der Waals surface area contributed by atoms with Gasteiger partial charge < -0.3 is 5.32 Å². The van der Waals surface area contributed by atoms with E-state index in [0.29, 0.717) is 12.3 Å². The lowest BCUT2D eigenvalue weighted by atomic mass is 10.0. The molecule has 0 spiro atoms. The summed E-state index contributed by atoms with van der Waals surface area (Å²) in [5.74, 6) is 0.577.